The van der Waals surface area contributed by atoms with Gasteiger partial charge in [-0.15, -0.1) is 0 Å². The first-order chi connectivity index (χ1) is 11.3. The summed E-state index contributed by atoms with van der Waals surface area (Å²) >= 11 is 5.75. The summed E-state index contributed by atoms with van der Waals surface area (Å²) in [5.41, 5.74) is -0.492. The lowest BCUT2D eigenvalue weighted by Crippen LogP contribution is -2.35. The van der Waals surface area contributed by atoms with Crippen LogP contribution in [0.5, 0.6) is 0 Å². The molecule has 0 heterocycles. The van der Waals surface area contributed by atoms with Crippen molar-refractivity contribution in [2.45, 2.75) is 12.7 Å². The maximum atomic E-state index is 12.7. The number of halogens is 4. The molecule has 8 heteroatoms. The molecule has 0 aliphatic carbocycles. The van der Waals surface area contributed by atoms with Crippen LogP contribution in [0.15, 0.2) is 48.5 Å². The predicted octanol–water partition coefficient (Wildman–Crippen LogP) is 3.61. The minimum absolute atomic E-state index is 0.104. The number of alkyl halides is 3. The van der Waals surface area contributed by atoms with Gasteiger partial charge < -0.3 is 10.6 Å². The average Bonchev–Trinajstić information content (AvgIpc) is 2.54. The lowest BCUT2D eigenvalue weighted by Gasteiger charge is -2.11. The molecule has 0 saturated heterocycles. The van der Waals surface area contributed by atoms with Gasteiger partial charge in [-0.3, -0.25) is 9.59 Å². The Balaban J connectivity index is 2.02. The molecule has 0 aliphatic rings. The fourth-order valence-corrected chi connectivity index (χ4v) is 2.00. The van der Waals surface area contributed by atoms with E-state index in [1.54, 1.807) is 30.3 Å². The standard InChI is InChI=1S/C16H12ClF3N2O2/c17-12-7-6-11(16(18,19)20)8-13(12)22-15(24)14(23)21-9-10-4-2-1-3-5-10/h1-8H,9H2,(H,21,23)(H,22,24). The molecular formula is C16H12ClF3N2O2. The molecule has 126 valence electrons. The molecule has 2 amide bonds. The molecule has 2 aromatic carbocycles. The Morgan fingerprint density at radius 2 is 1.67 bits per heavy atom. The van der Waals surface area contributed by atoms with Crippen molar-refractivity contribution < 1.29 is 22.8 Å². The summed E-state index contributed by atoms with van der Waals surface area (Å²) in [6, 6.07) is 11.3. The van der Waals surface area contributed by atoms with Gasteiger partial charge >= 0.3 is 18.0 Å². The highest BCUT2D eigenvalue weighted by Crippen LogP contribution is 2.33. The molecule has 0 spiro atoms. The van der Waals surface area contributed by atoms with Crippen LogP contribution in [0, 0.1) is 0 Å². The van der Waals surface area contributed by atoms with Crippen molar-refractivity contribution >= 4 is 29.1 Å². The Hall–Kier alpha value is -2.54. The number of hydrogen-bond acceptors (Lipinski definition) is 2. The highest BCUT2D eigenvalue weighted by atomic mass is 35.5. The highest BCUT2D eigenvalue weighted by Gasteiger charge is 2.31. The highest BCUT2D eigenvalue weighted by molar-refractivity contribution is 6.41. The van der Waals surface area contributed by atoms with Gasteiger partial charge in [0.25, 0.3) is 0 Å². The van der Waals surface area contributed by atoms with E-state index < -0.39 is 23.6 Å². The smallest absolute Gasteiger partial charge is 0.344 e. The third-order valence-corrected chi connectivity index (χ3v) is 3.37. The van der Waals surface area contributed by atoms with Gasteiger partial charge in [-0.1, -0.05) is 41.9 Å². The Labute approximate surface area is 140 Å². The SMILES string of the molecule is O=C(NCc1ccccc1)C(=O)Nc1cc(C(F)(F)F)ccc1Cl. The zero-order chi connectivity index (χ0) is 17.7. The van der Waals surface area contributed by atoms with Crippen LogP contribution < -0.4 is 10.6 Å². The maximum Gasteiger partial charge on any atom is 0.416 e. The zero-order valence-corrected chi connectivity index (χ0v) is 12.9. The second-order valence-electron chi connectivity index (χ2n) is 4.81. The molecule has 24 heavy (non-hydrogen) atoms. The molecule has 2 rings (SSSR count). The van der Waals surface area contributed by atoms with Gasteiger partial charge in [-0.25, -0.2) is 0 Å². The summed E-state index contributed by atoms with van der Waals surface area (Å²) in [6.45, 7) is 0.115. The van der Waals surface area contributed by atoms with Crippen molar-refractivity contribution in [3.63, 3.8) is 0 Å². The molecule has 0 bridgehead atoms. The van der Waals surface area contributed by atoms with Crippen molar-refractivity contribution in [1.29, 1.82) is 0 Å². The summed E-state index contributed by atoms with van der Waals surface area (Å²) in [7, 11) is 0. The first kappa shape index (κ1) is 17.8. The number of hydrogen-bond donors (Lipinski definition) is 2. The van der Waals surface area contributed by atoms with Gasteiger partial charge in [0.05, 0.1) is 16.3 Å². The Morgan fingerprint density at radius 1 is 1.00 bits per heavy atom. The van der Waals surface area contributed by atoms with E-state index in [-0.39, 0.29) is 17.3 Å². The zero-order valence-electron chi connectivity index (χ0n) is 12.2. The normalized spacial score (nSPS) is 11.0. The summed E-state index contributed by atoms with van der Waals surface area (Å²) < 4.78 is 38.0. The van der Waals surface area contributed by atoms with Gasteiger partial charge in [-0.05, 0) is 23.8 Å². The van der Waals surface area contributed by atoms with Crippen LogP contribution in [0.25, 0.3) is 0 Å². The van der Waals surface area contributed by atoms with E-state index in [0.29, 0.717) is 6.07 Å². The number of nitrogens with one attached hydrogen (secondary N) is 2. The lowest BCUT2D eigenvalue weighted by molar-refractivity contribution is -0.137. The van der Waals surface area contributed by atoms with Gasteiger partial charge in [0.1, 0.15) is 0 Å². The van der Waals surface area contributed by atoms with Crippen molar-refractivity contribution in [3.8, 4) is 0 Å². The van der Waals surface area contributed by atoms with Crippen LogP contribution >= 0.6 is 11.6 Å². The van der Waals surface area contributed by atoms with Crippen LogP contribution in [0.2, 0.25) is 5.02 Å². The van der Waals surface area contributed by atoms with E-state index in [0.717, 1.165) is 17.7 Å². The lowest BCUT2D eigenvalue weighted by atomic mass is 10.2. The molecule has 0 atom stereocenters. The van der Waals surface area contributed by atoms with Gasteiger partial charge in [-0.2, -0.15) is 13.2 Å². The number of rotatable bonds is 3. The Morgan fingerprint density at radius 3 is 2.29 bits per heavy atom. The maximum absolute atomic E-state index is 12.7. The first-order valence-electron chi connectivity index (χ1n) is 6.77. The van der Waals surface area contributed by atoms with E-state index in [9.17, 15) is 22.8 Å². The fraction of sp³-hybridized carbons (Fsp3) is 0.125. The topological polar surface area (TPSA) is 58.2 Å². The van der Waals surface area contributed by atoms with Crippen LogP contribution in [0.3, 0.4) is 0 Å². The van der Waals surface area contributed by atoms with Crippen LogP contribution in [0.4, 0.5) is 18.9 Å². The molecule has 0 aliphatic heterocycles. The van der Waals surface area contributed by atoms with Crippen molar-refractivity contribution in [3.05, 3.63) is 64.7 Å². The largest absolute Gasteiger partial charge is 0.416 e. The molecule has 2 N–H and O–H groups in total. The minimum Gasteiger partial charge on any atom is -0.344 e. The Bertz CT molecular complexity index is 749. The Kier molecular flexibility index (Phi) is 5.46. The number of carbonyl (C=O) groups excluding carboxylic acids is 2. The molecule has 0 saturated carbocycles. The molecule has 0 aromatic heterocycles. The third kappa shape index (κ3) is 4.73. The van der Waals surface area contributed by atoms with Crippen molar-refractivity contribution in [2.24, 2.45) is 0 Å². The predicted molar refractivity (Wildman–Crippen MR) is 83.4 cm³/mol. The fourth-order valence-electron chi connectivity index (χ4n) is 1.83. The van der Waals surface area contributed by atoms with Gasteiger partial charge in [0, 0.05) is 6.54 Å². The first-order valence-corrected chi connectivity index (χ1v) is 7.15. The third-order valence-electron chi connectivity index (χ3n) is 3.04. The van der Waals surface area contributed by atoms with Crippen LogP contribution in [-0.4, -0.2) is 11.8 Å². The summed E-state index contributed by atoms with van der Waals surface area (Å²) in [4.78, 5) is 23.5. The van der Waals surface area contributed by atoms with Gasteiger partial charge in [0.2, 0.25) is 0 Å². The molecule has 2 aromatic rings. The molecule has 0 fully saturated rings. The van der Waals surface area contributed by atoms with Crippen LogP contribution in [-0.2, 0) is 22.3 Å². The summed E-state index contributed by atoms with van der Waals surface area (Å²) in [5.74, 6) is -2.08. The van der Waals surface area contributed by atoms with Crippen molar-refractivity contribution in [2.75, 3.05) is 5.32 Å². The quantitative estimate of drug-likeness (QED) is 0.825. The van der Waals surface area contributed by atoms with E-state index in [1.165, 1.54) is 0 Å². The summed E-state index contributed by atoms with van der Waals surface area (Å²) in [6.07, 6.45) is -4.58. The van der Waals surface area contributed by atoms with Crippen LogP contribution in [0.1, 0.15) is 11.1 Å². The molecular weight excluding hydrogens is 345 g/mol. The van der Waals surface area contributed by atoms with Gasteiger partial charge in [0.15, 0.2) is 0 Å². The van der Waals surface area contributed by atoms with E-state index in [2.05, 4.69) is 10.6 Å². The number of benzene rings is 2. The van der Waals surface area contributed by atoms with E-state index in [1.807, 2.05) is 0 Å². The second kappa shape index (κ2) is 7.35. The number of carbonyl (C=O) groups is 2. The van der Waals surface area contributed by atoms with Crippen molar-refractivity contribution in [1.82, 2.24) is 5.32 Å². The molecule has 0 radical (unpaired) electrons. The monoisotopic (exact) mass is 356 g/mol. The summed E-state index contributed by atoms with van der Waals surface area (Å²) in [5, 5.41) is 4.34. The van der Waals surface area contributed by atoms with E-state index >= 15 is 0 Å². The molecule has 4 nitrogen and oxygen atoms in total. The van der Waals surface area contributed by atoms with E-state index in [4.69, 9.17) is 11.6 Å². The second-order valence-corrected chi connectivity index (χ2v) is 5.22. The molecule has 0 unspecified atom stereocenters. The average molecular weight is 357 g/mol. The number of amides is 2. The number of anilines is 1. The minimum atomic E-state index is -4.58.